The van der Waals surface area contributed by atoms with Crippen LogP contribution in [-0.4, -0.2) is 35.9 Å². The van der Waals surface area contributed by atoms with E-state index in [0.717, 1.165) is 6.42 Å². The fourth-order valence-corrected chi connectivity index (χ4v) is 2.77. The molecule has 0 aromatic heterocycles. The summed E-state index contributed by atoms with van der Waals surface area (Å²) in [6, 6.07) is 6.60. The van der Waals surface area contributed by atoms with E-state index in [1.165, 1.54) is 0 Å². The molecule has 1 fully saturated rings. The van der Waals surface area contributed by atoms with Gasteiger partial charge in [0.1, 0.15) is 18.4 Å². The Kier molecular flexibility index (Phi) is 5.64. The maximum Gasteiger partial charge on any atom is 0.247 e. The minimum absolute atomic E-state index is 0.0397. The van der Waals surface area contributed by atoms with Crippen LogP contribution in [0.4, 0.5) is 5.69 Å². The van der Waals surface area contributed by atoms with E-state index in [2.05, 4.69) is 11.2 Å². The lowest BCUT2D eigenvalue weighted by Crippen LogP contribution is -2.47. The van der Waals surface area contributed by atoms with Crippen molar-refractivity contribution < 1.29 is 14.3 Å². The van der Waals surface area contributed by atoms with Gasteiger partial charge in [0, 0.05) is 24.7 Å². The number of hydrogen-bond acceptors (Lipinski definition) is 3. The minimum atomic E-state index is -0.458. The summed E-state index contributed by atoms with van der Waals surface area (Å²) in [5.74, 6) is 2.90. The molecule has 2 rings (SSSR count). The van der Waals surface area contributed by atoms with E-state index in [1.54, 1.807) is 29.2 Å². The molecule has 122 valence electrons. The third kappa shape index (κ3) is 4.26. The fourth-order valence-electron chi connectivity index (χ4n) is 2.77. The summed E-state index contributed by atoms with van der Waals surface area (Å²) in [4.78, 5) is 26.3. The highest BCUT2D eigenvalue weighted by molar-refractivity contribution is 5.97. The van der Waals surface area contributed by atoms with Gasteiger partial charge in [0.2, 0.25) is 11.8 Å². The summed E-state index contributed by atoms with van der Waals surface area (Å²) in [6.07, 6.45) is 6.50. The van der Waals surface area contributed by atoms with Crippen molar-refractivity contribution in [3.8, 4) is 18.1 Å². The van der Waals surface area contributed by atoms with E-state index in [0.29, 0.717) is 24.4 Å². The van der Waals surface area contributed by atoms with Gasteiger partial charge >= 0.3 is 0 Å². The molecular formula is C18H22N2O3. The van der Waals surface area contributed by atoms with Crippen molar-refractivity contribution in [3.63, 3.8) is 0 Å². The lowest BCUT2D eigenvalue weighted by molar-refractivity contribution is -0.136. The number of amides is 2. The normalized spacial score (nSPS) is 15.4. The second-order valence-corrected chi connectivity index (χ2v) is 5.89. The first-order chi connectivity index (χ1) is 11.0. The molecule has 2 amide bonds. The van der Waals surface area contributed by atoms with Gasteiger partial charge in [-0.05, 0) is 24.5 Å². The zero-order valence-corrected chi connectivity index (χ0v) is 13.5. The summed E-state index contributed by atoms with van der Waals surface area (Å²) >= 11 is 0. The van der Waals surface area contributed by atoms with Crippen LogP contribution in [0.5, 0.6) is 5.75 Å². The number of terminal acetylenes is 1. The number of likely N-dealkylation sites (tertiary alicyclic amines) is 1. The standard InChI is InChI=1S/C18H22N2O3/c1-4-11-23-15-8-5-7-14(12-15)19-18(22)17(13(2)3)20-10-6-9-16(20)21/h1,5,7-8,12-13,17H,6,9-11H2,2-3H3,(H,19,22)/t17-/m1/s1. The van der Waals surface area contributed by atoms with Gasteiger partial charge < -0.3 is 15.0 Å². The first kappa shape index (κ1) is 16.9. The molecule has 1 aromatic rings. The highest BCUT2D eigenvalue weighted by Crippen LogP contribution is 2.22. The van der Waals surface area contributed by atoms with Crippen LogP contribution in [0.2, 0.25) is 0 Å². The Morgan fingerprint density at radius 1 is 1.48 bits per heavy atom. The van der Waals surface area contributed by atoms with Gasteiger partial charge in [-0.3, -0.25) is 9.59 Å². The molecule has 23 heavy (non-hydrogen) atoms. The van der Waals surface area contributed by atoms with Gasteiger partial charge in [0.15, 0.2) is 0 Å². The van der Waals surface area contributed by atoms with Crippen LogP contribution < -0.4 is 10.1 Å². The Balaban J connectivity index is 2.09. The SMILES string of the molecule is C#CCOc1cccc(NC(=O)[C@@H](C(C)C)N2CCCC2=O)c1. The molecule has 1 aromatic carbocycles. The summed E-state index contributed by atoms with van der Waals surface area (Å²) in [5.41, 5.74) is 0.627. The molecule has 0 unspecified atom stereocenters. The maximum atomic E-state index is 12.6. The first-order valence-corrected chi connectivity index (χ1v) is 7.79. The van der Waals surface area contributed by atoms with Crippen LogP contribution in [0.25, 0.3) is 0 Å². The second-order valence-electron chi connectivity index (χ2n) is 5.89. The van der Waals surface area contributed by atoms with E-state index in [9.17, 15) is 9.59 Å². The molecule has 5 heteroatoms. The molecule has 0 aliphatic carbocycles. The number of carbonyl (C=O) groups is 2. The van der Waals surface area contributed by atoms with Gasteiger partial charge in [0.25, 0.3) is 0 Å². The zero-order chi connectivity index (χ0) is 16.8. The molecular weight excluding hydrogens is 292 g/mol. The second kappa shape index (κ2) is 7.68. The number of ether oxygens (including phenoxy) is 1. The minimum Gasteiger partial charge on any atom is -0.481 e. The van der Waals surface area contributed by atoms with Crippen LogP contribution in [0.15, 0.2) is 24.3 Å². The fraction of sp³-hybridized carbons (Fsp3) is 0.444. The van der Waals surface area contributed by atoms with Crippen LogP contribution >= 0.6 is 0 Å². The Morgan fingerprint density at radius 2 is 2.26 bits per heavy atom. The van der Waals surface area contributed by atoms with Gasteiger partial charge in [-0.2, -0.15) is 0 Å². The van der Waals surface area contributed by atoms with Gasteiger partial charge in [-0.1, -0.05) is 25.8 Å². The number of carbonyl (C=O) groups excluding carboxylic acids is 2. The largest absolute Gasteiger partial charge is 0.481 e. The number of hydrogen-bond donors (Lipinski definition) is 1. The van der Waals surface area contributed by atoms with Crippen molar-refractivity contribution in [2.75, 3.05) is 18.5 Å². The number of nitrogens with zero attached hydrogens (tertiary/aromatic N) is 1. The molecule has 1 N–H and O–H groups in total. The van der Waals surface area contributed by atoms with E-state index >= 15 is 0 Å². The van der Waals surface area contributed by atoms with Gasteiger partial charge in [-0.25, -0.2) is 0 Å². The average molecular weight is 314 g/mol. The van der Waals surface area contributed by atoms with Crippen LogP contribution in [0.3, 0.4) is 0 Å². The van der Waals surface area contributed by atoms with Gasteiger partial charge in [0.05, 0.1) is 0 Å². The van der Waals surface area contributed by atoms with E-state index in [4.69, 9.17) is 11.2 Å². The molecule has 1 atom stereocenters. The number of rotatable bonds is 6. The third-order valence-corrected chi connectivity index (χ3v) is 3.77. The Hall–Kier alpha value is -2.48. The lowest BCUT2D eigenvalue weighted by atomic mass is 10.0. The highest BCUT2D eigenvalue weighted by atomic mass is 16.5. The molecule has 1 aliphatic rings. The maximum absolute atomic E-state index is 12.6. The predicted molar refractivity (Wildman–Crippen MR) is 89.0 cm³/mol. The number of benzene rings is 1. The van der Waals surface area contributed by atoms with Crippen molar-refractivity contribution in [1.82, 2.24) is 4.90 Å². The van der Waals surface area contributed by atoms with Crippen LogP contribution in [0, 0.1) is 18.3 Å². The molecule has 1 aliphatic heterocycles. The first-order valence-electron chi connectivity index (χ1n) is 7.79. The van der Waals surface area contributed by atoms with Crippen molar-refractivity contribution in [1.29, 1.82) is 0 Å². The monoisotopic (exact) mass is 314 g/mol. The average Bonchev–Trinajstić information content (AvgIpc) is 2.91. The molecule has 0 spiro atoms. The van der Waals surface area contributed by atoms with Crippen molar-refractivity contribution in [3.05, 3.63) is 24.3 Å². The molecule has 0 saturated carbocycles. The zero-order valence-electron chi connectivity index (χ0n) is 13.5. The molecule has 1 saturated heterocycles. The lowest BCUT2D eigenvalue weighted by Gasteiger charge is -2.29. The summed E-state index contributed by atoms with van der Waals surface area (Å²) in [7, 11) is 0. The van der Waals surface area contributed by atoms with Crippen LogP contribution in [-0.2, 0) is 9.59 Å². The van der Waals surface area contributed by atoms with Crippen molar-refractivity contribution >= 4 is 17.5 Å². The number of nitrogens with one attached hydrogen (secondary N) is 1. The molecule has 5 nitrogen and oxygen atoms in total. The van der Waals surface area contributed by atoms with E-state index < -0.39 is 6.04 Å². The number of anilines is 1. The predicted octanol–water partition coefficient (Wildman–Crippen LogP) is 2.28. The van der Waals surface area contributed by atoms with Crippen molar-refractivity contribution in [2.45, 2.75) is 32.7 Å². The van der Waals surface area contributed by atoms with Crippen molar-refractivity contribution in [2.24, 2.45) is 5.92 Å². The van der Waals surface area contributed by atoms with E-state index in [1.807, 2.05) is 13.8 Å². The molecule has 0 bridgehead atoms. The molecule has 1 heterocycles. The van der Waals surface area contributed by atoms with Crippen LogP contribution in [0.1, 0.15) is 26.7 Å². The summed E-state index contributed by atoms with van der Waals surface area (Å²) in [6.45, 7) is 4.71. The smallest absolute Gasteiger partial charge is 0.247 e. The van der Waals surface area contributed by atoms with E-state index in [-0.39, 0.29) is 24.3 Å². The highest BCUT2D eigenvalue weighted by Gasteiger charge is 2.34. The summed E-state index contributed by atoms with van der Waals surface area (Å²) in [5, 5.41) is 2.87. The quantitative estimate of drug-likeness (QED) is 0.820. The molecule has 0 radical (unpaired) electrons. The van der Waals surface area contributed by atoms with Gasteiger partial charge in [-0.15, -0.1) is 6.42 Å². The summed E-state index contributed by atoms with van der Waals surface area (Å²) < 4.78 is 5.35. The third-order valence-electron chi connectivity index (χ3n) is 3.77. The Labute approximate surface area is 137 Å². The Bertz CT molecular complexity index is 619. The topological polar surface area (TPSA) is 58.6 Å². The Morgan fingerprint density at radius 3 is 2.87 bits per heavy atom.